The highest BCUT2D eigenvalue weighted by atomic mass is 16.5. The normalized spacial score (nSPS) is 14.2. The van der Waals surface area contributed by atoms with Crippen LogP contribution in [0.15, 0.2) is 22.7 Å². The Bertz CT molecular complexity index is 593. The third-order valence-corrected chi connectivity index (χ3v) is 3.13. The standard InChI is InChI=1S/C14H18N4O2/c1-9-6-17-13(20-9)7-16-12-5-4-11(15)14(18-12)19-8-10-2-3-10/h4-6,10H,2-3,7-8,15H2,1H3,(H,16,18). The summed E-state index contributed by atoms with van der Waals surface area (Å²) in [5.41, 5.74) is 6.42. The summed E-state index contributed by atoms with van der Waals surface area (Å²) in [7, 11) is 0. The van der Waals surface area contributed by atoms with E-state index in [9.17, 15) is 0 Å². The van der Waals surface area contributed by atoms with E-state index in [1.54, 1.807) is 12.3 Å². The van der Waals surface area contributed by atoms with E-state index in [1.165, 1.54) is 12.8 Å². The van der Waals surface area contributed by atoms with Crippen LogP contribution in [-0.2, 0) is 6.54 Å². The summed E-state index contributed by atoms with van der Waals surface area (Å²) in [6.45, 7) is 3.04. The van der Waals surface area contributed by atoms with E-state index in [4.69, 9.17) is 14.9 Å². The van der Waals surface area contributed by atoms with Gasteiger partial charge in [-0.05, 0) is 37.8 Å². The molecule has 2 aromatic rings. The number of oxazole rings is 1. The number of aryl methyl sites for hydroxylation is 1. The fourth-order valence-electron chi connectivity index (χ4n) is 1.80. The Kier molecular flexibility index (Phi) is 3.45. The van der Waals surface area contributed by atoms with Crippen LogP contribution in [0.3, 0.4) is 0 Å². The first kappa shape index (κ1) is 12.8. The van der Waals surface area contributed by atoms with Crippen LogP contribution >= 0.6 is 0 Å². The Labute approximate surface area is 117 Å². The zero-order valence-corrected chi connectivity index (χ0v) is 11.4. The number of nitrogens with two attached hydrogens (primary N) is 1. The molecule has 6 heteroatoms. The number of nitrogen functional groups attached to an aromatic ring is 1. The number of aromatic nitrogens is 2. The molecule has 3 N–H and O–H groups in total. The second kappa shape index (κ2) is 5.40. The van der Waals surface area contributed by atoms with Crippen molar-refractivity contribution >= 4 is 11.5 Å². The molecule has 6 nitrogen and oxygen atoms in total. The van der Waals surface area contributed by atoms with Crippen molar-refractivity contribution in [3.8, 4) is 5.88 Å². The molecule has 0 bridgehead atoms. The highest BCUT2D eigenvalue weighted by Crippen LogP contribution is 2.30. The molecule has 0 saturated heterocycles. The molecule has 0 aromatic carbocycles. The van der Waals surface area contributed by atoms with Crippen LogP contribution in [0.4, 0.5) is 11.5 Å². The first-order valence-corrected chi connectivity index (χ1v) is 6.75. The lowest BCUT2D eigenvalue weighted by atomic mass is 10.4. The van der Waals surface area contributed by atoms with Crippen molar-refractivity contribution in [2.24, 2.45) is 5.92 Å². The van der Waals surface area contributed by atoms with E-state index in [0.29, 0.717) is 42.3 Å². The average molecular weight is 274 g/mol. The third kappa shape index (κ3) is 3.20. The quantitative estimate of drug-likeness (QED) is 0.841. The molecule has 2 aromatic heterocycles. The number of hydrogen-bond acceptors (Lipinski definition) is 6. The maximum absolute atomic E-state index is 5.86. The molecule has 0 radical (unpaired) electrons. The van der Waals surface area contributed by atoms with Crippen LogP contribution in [0.25, 0.3) is 0 Å². The van der Waals surface area contributed by atoms with Gasteiger partial charge in [-0.15, -0.1) is 0 Å². The SMILES string of the molecule is Cc1cnc(CNc2ccc(N)c(OCC3CC3)n2)o1. The van der Waals surface area contributed by atoms with Crippen molar-refractivity contribution in [3.63, 3.8) is 0 Å². The van der Waals surface area contributed by atoms with Gasteiger partial charge in [-0.2, -0.15) is 4.98 Å². The largest absolute Gasteiger partial charge is 0.476 e. The Hall–Kier alpha value is -2.24. The fourth-order valence-corrected chi connectivity index (χ4v) is 1.80. The summed E-state index contributed by atoms with van der Waals surface area (Å²) in [4.78, 5) is 8.49. The van der Waals surface area contributed by atoms with Crippen LogP contribution in [-0.4, -0.2) is 16.6 Å². The van der Waals surface area contributed by atoms with Crippen molar-refractivity contribution < 1.29 is 9.15 Å². The van der Waals surface area contributed by atoms with E-state index in [2.05, 4.69) is 15.3 Å². The first-order valence-electron chi connectivity index (χ1n) is 6.75. The molecule has 0 aliphatic heterocycles. The van der Waals surface area contributed by atoms with E-state index < -0.39 is 0 Å². The number of nitrogens with one attached hydrogen (secondary N) is 1. The number of nitrogens with zero attached hydrogens (tertiary/aromatic N) is 2. The number of pyridine rings is 1. The molecule has 1 saturated carbocycles. The zero-order chi connectivity index (χ0) is 13.9. The molecule has 3 rings (SSSR count). The van der Waals surface area contributed by atoms with Gasteiger partial charge in [0.25, 0.3) is 0 Å². The number of ether oxygens (including phenoxy) is 1. The van der Waals surface area contributed by atoms with Gasteiger partial charge < -0.3 is 20.2 Å². The summed E-state index contributed by atoms with van der Waals surface area (Å²) in [5.74, 6) is 3.27. The molecule has 0 atom stereocenters. The molecular weight excluding hydrogens is 256 g/mol. The van der Waals surface area contributed by atoms with Gasteiger partial charge in [-0.1, -0.05) is 0 Å². The van der Waals surface area contributed by atoms with E-state index in [1.807, 2.05) is 13.0 Å². The zero-order valence-electron chi connectivity index (χ0n) is 11.4. The van der Waals surface area contributed by atoms with Crippen molar-refractivity contribution in [1.29, 1.82) is 0 Å². The number of rotatable bonds is 6. The smallest absolute Gasteiger partial charge is 0.239 e. The average Bonchev–Trinajstić information content (AvgIpc) is 3.18. The van der Waals surface area contributed by atoms with Gasteiger partial charge >= 0.3 is 0 Å². The van der Waals surface area contributed by atoms with E-state index in [-0.39, 0.29) is 0 Å². The van der Waals surface area contributed by atoms with Crippen LogP contribution in [0.1, 0.15) is 24.5 Å². The fraction of sp³-hybridized carbons (Fsp3) is 0.429. The number of anilines is 2. The topological polar surface area (TPSA) is 86.2 Å². The third-order valence-electron chi connectivity index (χ3n) is 3.13. The lowest BCUT2D eigenvalue weighted by Gasteiger charge is -2.09. The minimum absolute atomic E-state index is 0.479. The van der Waals surface area contributed by atoms with Gasteiger partial charge in [-0.25, -0.2) is 4.98 Å². The highest BCUT2D eigenvalue weighted by Gasteiger charge is 2.22. The van der Waals surface area contributed by atoms with Crippen molar-refractivity contribution in [2.75, 3.05) is 17.7 Å². The maximum atomic E-state index is 5.86. The molecule has 0 amide bonds. The summed E-state index contributed by atoms with van der Waals surface area (Å²) < 4.78 is 11.0. The molecule has 1 fully saturated rings. The second-order valence-corrected chi connectivity index (χ2v) is 5.06. The highest BCUT2D eigenvalue weighted by molar-refractivity contribution is 5.53. The van der Waals surface area contributed by atoms with Crippen LogP contribution in [0.5, 0.6) is 5.88 Å². The maximum Gasteiger partial charge on any atom is 0.239 e. The van der Waals surface area contributed by atoms with Gasteiger partial charge in [0, 0.05) is 0 Å². The van der Waals surface area contributed by atoms with Crippen molar-refractivity contribution in [3.05, 3.63) is 30.0 Å². The number of hydrogen-bond donors (Lipinski definition) is 2. The van der Waals surface area contributed by atoms with E-state index >= 15 is 0 Å². The predicted molar refractivity (Wildman–Crippen MR) is 75.4 cm³/mol. The lowest BCUT2D eigenvalue weighted by Crippen LogP contribution is -2.07. The summed E-state index contributed by atoms with van der Waals surface area (Å²) in [6.07, 6.45) is 4.17. The van der Waals surface area contributed by atoms with Gasteiger partial charge in [0.1, 0.15) is 11.6 Å². The molecule has 0 spiro atoms. The Morgan fingerprint density at radius 3 is 3.00 bits per heavy atom. The molecule has 0 unspecified atom stereocenters. The minimum Gasteiger partial charge on any atom is -0.476 e. The van der Waals surface area contributed by atoms with Gasteiger partial charge in [0.2, 0.25) is 11.8 Å². The molecule has 20 heavy (non-hydrogen) atoms. The summed E-state index contributed by atoms with van der Waals surface area (Å²) >= 11 is 0. The second-order valence-electron chi connectivity index (χ2n) is 5.06. The van der Waals surface area contributed by atoms with Crippen molar-refractivity contribution in [2.45, 2.75) is 26.3 Å². The van der Waals surface area contributed by atoms with Gasteiger partial charge in [0.05, 0.1) is 25.0 Å². The summed E-state index contributed by atoms with van der Waals surface area (Å²) in [5, 5.41) is 3.14. The molecule has 1 aliphatic rings. The van der Waals surface area contributed by atoms with Gasteiger partial charge in [-0.3, -0.25) is 0 Å². The monoisotopic (exact) mass is 274 g/mol. The first-order chi connectivity index (χ1) is 9.70. The Morgan fingerprint density at radius 2 is 2.30 bits per heavy atom. The molecule has 106 valence electrons. The Morgan fingerprint density at radius 1 is 1.45 bits per heavy atom. The van der Waals surface area contributed by atoms with Crippen molar-refractivity contribution in [1.82, 2.24) is 9.97 Å². The van der Waals surface area contributed by atoms with Gasteiger partial charge in [0.15, 0.2) is 0 Å². The van der Waals surface area contributed by atoms with Crippen LogP contribution in [0.2, 0.25) is 0 Å². The minimum atomic E-state index is 0.479. The van der Waals surface area contributed by atoms with Crippen LogP contribution in [0, 0.1) is 12.8 Å². The Balaban J connectivity index is 1.61. The van der Waals surface area contributed by atoms with Crippen LogP contribution < -0.4 is 15.8 Å². The molecule has 2 heterocycles. The summed E-state index contributed by atoms with van der Waals surface area (Å²) in [6, 6.07) is 3.60. The molecular formula is C14H18N4O2. The lowest BCUT2D eigenvalue weighted by molar-refractivity contribution is 0.290. The van der Waals surface area contributed by atoms with E-state index in [0.717, 1.165) is 5.76 Å². The molecule has 1 aliphatic carbocycles. The predicted octanol–water partition coefficient (Wildman–Crippen LogP) is 2.36.